The number of aromatic amines is 1. The van der Waals surface area contributed by atoms with Gasteiger partial charge in [0.1, 0.15) is 0 Å². The molecule has 0 aliphatic carbocycles. The molecule has 2 N–H and O–H groups in total. The Hall–Kier alpha value is -0.990. The van der Waals surface area contributed by atoms with Gasteiger partial charge in [0.2, 0.25) is 0 Å². The molecule has 0 aliphatic heterocycles. The van der Waals surface area contributed by atoms with Crippen molar-refractivity contribution in [2.24, 2.45) is 0 Å². The molecule has 0 bridgehead atoms. The highest BCUT2D eigenvalue weighted by atomic mass is 35.5. The van der Waals surface area contributed by atoms with Gasteiger partial charge in [0.25, 0.3) is 0 Å². The Labute approximate surface area is 107 Å². The van der Waals surface area contributed by atoms with Gasteiger partial charge < -0.3 is 10.3 Å². The number of aromatic nitrogens is 1. The van der Waals surface area contributed by atoms with E-state index < -0.39 is 0 Å². The zero-order chi connectivity index (χ0) is 12.3. The van der Waals surface area contributed by atoms with Crippen molar-refractivity contribution in [1.29, 1.82) is 0 Å². The first-order valence-electron chi connectivity index (χ1n) is 6.19. The molecule has 1 heterocycles. The summed E-state index contributed by atoms with van der Waals surface area (Å²) in [6.07, 6.45) is 2.26. The van der Waals surface area contributed by atoms with Gasteiger partial charge in [-0.3, -0.25) is 0 Å². The third-order valence-corrected chi connectivity index (χ3v) is 3.35. The molecule has 0 radical (unpaired) electrons. The molecule has 1 aromatic heterocycles. The first-order chi connectivity index (χ1) is 8.22. The van der Waals surface area contributed by atoms with E-state index in [9.17, 15) is 0 Å². The lowest BCUT2D eigenvalue weighted by Gasteiger charge is -2.03. The van der Waals surface area contributed by atoms with Crippen molar-refractivity contribution in [3.05, 3.63) is 34.5 Å². The quantitative estimate of drug-likeness (QED) is 0.779. The van der Waals surface area contributed by atoms with Gasteiger partial charge >= 0.3 is 0 Å². The topological polar surface area (TPSA) is 27.8 Å². The maximum absolute atomic E-state index is 6.06. The predicted octanol–water partition coefficient (Wildman–Crippen LogP) is 3.67. The number of nitrogens with one attached hydrogen (secondary N) is 2. The molecule has 3 heteroatoms. The summed E-state index contributed by atoms with van der Waals surface area (Å²) in [7, 11) is 0. The standard InChI is InChI=1S/C14H19ClN2/c1-3-16-8-4-5-12-10(2)17-14-7-6-11(15)9-13(12)14/h6-7,9,16-17H,3-5,8H2,1-2H3. The Balaban J connectivity index is 2.20. The molecule has 1 aromatic carbocycles. The highest BCUT2D eigenvalue weighted by molar-refractivity contribution is 6.31. The van der Waals surface area contributed by atoms with Gasteiger partial charge in [0.05, 0.1) is 0 Å². The molecule has 0 aliphatic rings. The van der Waals surface area contributed by atoms with Crippen molar-refractivity contribution in [3.63, 3.8) is 0 Å². The molecule has 17 heavy (non-hydrogen) atoms. The van der Waals surface area contributed by atoms with E-state index in [0.717, 1.165) is 31.0 Å². The van der Waals surface area contributed by atoms with Crippen LogP contribution in [0.1, 0.15) is 24.6 Å². The summed E-state index contributed by atoms with van der Waals surface area (Å²) in [5.41, 5.74) is 3.85. The van der Waals surface area contributed by atoms with Crippen LogP contribution < -0.4 is 5.32 Å². The molecular formula is C14H19ClN2. The van der Waals surface area contributed by atoms with Gasteiger partial charge in [-0.15, -0.1) is 0 Å². The minimum absolute atomic E-state index is 0.810. The number of hydrogen-bond acceptors (Lipinski definition) is 1. The van der Waals surface area contributed by atoms with Crippen LogP contribution in [0, 0.1) is 6.92 Å². The second-order valence-corrected chi connectivity index (χ2v) is 4.81. The maximum Gasteiger partial charge on any atom is 0.0459 e. The van der Waals surface area contributed by atoms with Crippen LogP contribution >= 0.6 is 11.6 Å². The average Bonchev–Trinajstić information content (AvgIpc) is 2.61. The lowest BCUT2D eigenvalue weighted by atomic mass is 10.1. The van der Waals surface area contributed by atoms with Crippen LogP contribution in [0.2, 0.25) is 5.02 Å². The summed E-state index contributed by atoms with van der Waals surface area (Å²) in [5.74, 6) is 0. The molecule has 0 fully saturated rings. The Morgan fingerprint density at radius 3 is 2.94 bits per heavy atom. The van der Waals surface area contributed by atoms with E-state index in [4.69, 9.17) is 11.6 Å². The smallest absolute Gasteiger partial charge is 0.0459 e. The van der Waals surface area contributed by atoms with E-state index in [1.807, 2.05) is 6.07 Å². The van der Waals surface area contributed by atoms with E-state index in [0.29, 0.717) is 0 Å². The van der Waals surface area contributed by atoms with Crippen LogP contribution in [0.4, 0.5) is 0 Å². The largest absolute Gasteiger partial charge is 0.358 e. The summed E-state index contributed by atoms with van der Waals surface area (Å²) in [4.78, 5) is 3.42. The zero-order valence-electron chi connectivity index (χ0n) is 10.4. The Bertz CT molecular complexity index is 502. The molecular weight excluding hydrogens is 232 g/mol. The Morgan fingerprint density at radius 2 is 2.18 bits per heavy atom. The minimum Gasteiger partial charge on any atom is -0.358 e. The van der Waals surface area contributed by atoms with Crippen LogP contribution in [0.15, 0.2) is 18.2 Å². The predicted molar refractivity (Wildman–Crippen MR) is 74.9 cm³/mol. The third kappa shape index (κ3) is 2.82. The highest BCUT2D eigenvalue weighted by Crippen LogP contribution is 2.26. The van der Waals surface area contributed by atoms with Crippen LogP contribution in [0.3, 0.4) is 0 Å². The average molecular weight is 251 g/mol. The van der Waals surface area contributed by atoms with Gasteiger partial charge in [-0.1, -0.05) is 18.5 Å². The zero-order valence-corrected chi connectivity index (χ0v) is 11.2. The summed E-state index contributed by atoms with van der Waals surface area (Å²) in [5, 5.41) is 5.43. The second kappa shape index (κ2) is 5.56. The van der Waals surface area contributed by atoms with Crippen molar-refractivity contribution < 1.29 is 0 Å². The van der Waals surface area contributed by atoms with E-state index in [1.54, 1.807) is 0 Å². The first kappa shape index (κ1) is 12.5. The van der Waals surface area contributed by atoms with Gasteiger partial charge in [-0.2, -0.15) is 0 Å². The van der Waals surface area contributed by atoms with E-state index in [1.165, 1.54) is 22.2 Å². The van der Waals surface area contributed by atoms with E-state index in [-0.39, 0.29) is 0 Å². The lowest BCUT2D eigenvalue weighted by molar-refractivity contribution is 0.673. The number of hydrogen-bond donors (Lipinski definition) is 2. The Morgan fingerprint density at radius 1 is 1.35 bits per heavy atom. The monoisotopic (exact) mass is 250 g/mol. The molecule has 92 valence electrons. The van der Waals surface area contributed by atoms with Gasteiger partial charge in [-0.25, -0.2) is 0 Å². The van der Waals surface area contributed by atoms with Gasteiger partial charge in [0, 0.05) is 21.6 Å². The van der Waals surface area contributed by atoms with Crippen molar-refractivity contribution in [1.82, 2.24) is 10.3 Å². The van der Waals surface area contributed by atoms with E-state index in [2.05, 4.69) is 36.3 Å². The molecule has 0 spiro atoms. The number of halogens is 1. The van der Waals surface area contributed by atoms with E-state index >= 15 is 0 Å². The summed E-state index contributed by atoms with van der Waals surface area (Å²) < 4.78 is 0. The fraction of sp³-hybridized carbons (Fsp3) is 0.429. The summed E-state index contributed by atoms with van der Waals surface area (Å²) >= 11 is 6.06. The lowest BCUT2D eigenvalue weighted by Crippen LogP contribution is -2.14. The minimum atomic E-state index is 0.810. The van der Waals surface area contributed by atoms with Crippen molar-refractivity contribution in [2.75, 3.05) is 13.1 Å². The highest BCUT2D eigenvalue weighted by Gasteiger charge is 2.08. The SMILES string of the molecule is CCNCCCc1c(C)[nH]c2ccc(Cl)cc12. The summed E-state index contributed by atoms with van der Waals surface area (Å²) in [6, 6.07) is 6.05. The van der Waals surface area contributed by atoms with Crippen LogP contribution in [0.5, 0.6) is 0 Å². The number of aryl methyl sites for hydroxylation is 2. The Kier molecular flexibility index (Phi) is 4.08. The molecule has 0 saturated heterocycles. The number of benzene rings is 1. The van der Waals surface area contributed by atoms with Crippen molar-refractivity contribution in [3.8, 4) is 0 Å². The number of fused-ring (bicyclic) bond motifs is 1. The molecule has 0 atom stereocenters. The third-order valence-electron chi connectivity index (χ3n) is 3.11. The number of rotatable bonds is 5. The van der Waals surface area contributed by atoms with Gasteiger partial charge in [0.15, 0.2) is 0 Å². The maximum atomic E-state index is 6.06. The normalized spacial score (nSPS) is 11.2. The van der Waals surface area contributed by atoms with Crippen LogP contribution in [-0.4, -0.2) is 18.1 Å². The molecule has 0 unspecified atom stereocenters. The van der Waals surface area contributed by atoms with Crippen molar-refractivity contribution in [2.45, 2.75) is 26.7 Å². The van der Waals surface area contributed by atoms with Gasteiger partial charge in [-0.05, 0) is 56.6 Å². The molecule has 2 rings (SSSR count). The van der Waals surface area contributed by atoms with Crippen LogP contribution in [-0.2, 0) is 6.42 Å². The molecule has 0 saturated carbocycles. The first-order valence-corrected chi connectivity index (χ1v) is 6.57. The summed E-state index contributed by atoms with van der Waals surface area (Å²) in [6.45, 7) is 6.38. The van der Waals surface area contributed by atoms with Crippen molar-refractivity contribution >= 4 is 22.5 Å². The van der Waals surface area contributed by atoms with Crippen LogP contribution in [0.25, 0.3) is 10.9 Å². The number of H-pyrrole nitrogens is 1. The second-order valence-electron chi connectivity index (χ2n) is 4.38. The fourth-order valence-corrected chi connectivity index (χ4v) is 2.42. The fourth-order valence-electron chi connectivity index (χ4n) is 2.24. The molecule has 2 nitrogen and oxygen atoms in total. The molecule has 0 amide bonds. The molecule has 2 aromatic rings.